The Balaban J connectivity index is 0.000000184. The van der Waals surface area contributed by atoms with Crippen molar-refractivity contribution < 1.29 is 43.3 Å². The highest BCUT2D eigenvalue weighted by molar-refractivity contribution is 6.28. The van der Waals surface area contributed by atoms with E-state index in [9.17, 15) is 10.0 Å². The van der Waals surface area contributed by atoms with Crippen molar-refractivity contribution in [3.8, 4) is 23.3 Å². The summed E-state index contributed by atoms with van der Waals surface area (Å²) in [5, 5.41) is 21.4. The molecule has 9 nitrogen and oxygen atoms in total. The molecule has 0 radical (unpaired) electrons. The molecule has 2 aromatic heterocycles. The summed E-state index contributed by atoms with van der Waals surface area (Å²) in [7, 11) is -2.23. The molecule has 7 rings (SSSR count). The van der Waals surface area contributed by atoms with Crippen molar-refractivity contribution in [1.82, 2.24) is 0 Å². The third kappa shape index (κ3) is 14.3. The summed E-state index contributed by atoms with van der Waals surface area (Å²) in [6.45, 7) is 13.9. The molecule has 0 aliphatic heterocycles. The topological polar surface area (TPSA) is 100 Å². The van der Waals surface area contributed by atoms with Gasteiger partial charge in [0.15, 0.2) is 13.2 Å². The number of hydrogen-bond acceptors (Lipinski definition) is 7. The van der Waals surface area contributed by atoms with Gasteiger partial charge in [-0.05, 0) is 103 Å². The van der Waals surface area contributed by atoms with E-state index in [2.05, 4.69) is 88.4 Å². The largest absolute Gasteiger partial charge is 0.871 e. The molecule has 0 saturated heterocycles. The third-order valence-corrected chi connectivity index (χ3v) is 10.4. The SMILES string of the molecule is CCO[n+]1ccccc1Oc1ccc(C(C)C)cc1.CCO[n+]1ccccc1Oc1ccc(C(C)C)cc1.[O-]B([O-])OCCCC(c1ccccc1)(c1ccccc1)c1ccccc1. The highest BCUT2D eigenvalue weighted by Gasteiger charge is 2.35. The molecule has 0 aliphatic rings. The highest BCUT2D eigenvalue weighted by atomic mass is 16.7. The van der Waals surface area contributed by atoms with Crippen LogP contribution < -0.4 is 38.7 Å². The van der Waals surface area contributed by atoms with Crippen molar-refractivity contribution in [2.75, 3.05) is 19.8 Å². The van der Waals surface area contributed by atoms with Crippen LogP contribution in [0, 0.1) is 0 Å². The van der Waals surface area contributed by atoms with Crippen molar-refractivity contribution >= 4 is 7.32 Å². The first kappa shape index (κ1) is 48.6. The van der Waals surface area contributed by atoms with E-state index in [1.54, 1.807) is 9.46 Å². The Labute approximate surface area is 380 Å². The van der Waals surface area contributed by atoms with E-state index in [0.717, 1.165) is 17.9 Å². The maximum Gasteiger partial charge on any atom is 0.422 e. The zero-order valence-corrected chi connectivity index (χ0v) is 37.9. The van der Waals surface area contributed by atoms with E-state index in [1.807, 2.05) is 142 Å². The fraction of sp³-hybridized carbons (Fsp3) is 0.259. The van der Waals surface area contributed by atoms with Gasteiger partial charge in [-0.1, -0.05) is 143 Å². The fourth-order valence-electron chi connectivity index (χ4n) is 7.18. The lowest BCUT2D eigenvalue weighted by Gasteiger charge is -2.37. The molecule has 0 spiro atoms. The lowest BCUT2D eigenvalue weighted by atomic mass is 9.67. The predicted molar refractivity (Wildman–Crippen MR) is 249 cm³/mol. The van der Waals surface area contributed by atoms with Crippen LogP contribution in [0.15, 0.2) is 188 Å². The molecule has 64 heavy (non-hydrogen) atoms. The summed E-state index contributed by atoms with van der Waals surface area (Å²) in [6, 6.07) is 58.8. The number of rotatable bonds is 18. The molecule has 0 fully saturated rings. The fourth-order valence-corrected chi connectivity index (χ4v) is 7.18. The minimum atomic E-state index is -2.23. The second kappa shape index (κ2) is 25.6. The molecule has 2 heterocycles. The van der Waals surface area contributed by atoms with Gasteiger partial charge < -0.3 is 24.2 Å². The quantitative estimate of drug-likeness (QED) is 0.0367. The first-order chi connectivity index (χ1) is 31.1. The highest BCUT2D eigenvalue weighted by Crippen LogP contribution is 2.43. The van der Waals surface area contributed by atoms with E-state index in [1.165, 1.54) is 27.8 Å². The van der Waals surface area contributed by atoms with Crippen LogP contribution >= 0.6 is 0 Å². The van der Waals surface area contributed by atoms with Crippen LogP contribution in [0.4, 0.5) is 0 Å². The Bertz CT molecular complexity index is 2150. The minimum Gasteiger partial charge on any atom is -0.871 e. The van der Waals surface area contributed by atoms with Crippen molar-refractivity contribution in [2.45, 2.75) is 71.6 Å². The van der Waals surface area contributed by atoms with Gasteiger partial charge in [-0.3, -0.25) is 9.68 Å². The normalized spacial score (nSPS) is 10.8. The Morgan fingerprint density at radius 3 is 1.17 bits per heavy atom. The van der Waals surface area contributed by atoms with Gasteiger partial charge in [0, 0.05) is 33.6 Å². The van der Waals surface area contributed by atoms with E-state index in [0.29, 0.717) is 43.2 Å². The maximum absolute atomic E-state index is 10.7. The number of pyridine rings is 2. The van der Waals surface area contributed by atoms with Crippen LogP contribution in [0.2, 0.25) is 0 Å². The summed E-state index contributed by atoms with van der Waals surface area (Å²) >= 11 is 0. The van der Waals surface area contributed by atoms with E-state index >= 15 is 0 Å². The minimum absolute atomic E-state index is 0.159. The van der Waals surface area contributed by atoms with Gasteiger partial charge in [-0.2, -0.15) is 0 Å². The molecule has 0 amide bonds. The monoisotopic (exact) mass is 860 g/mol. The number of benzene rings is 5. The molecule has 7 aromatic rings. The lowest BCUT2D eigenvalue weighted by molar-refractivity contribution is -0.892. The van der Waals surface area contributed by atoms with Crippen LogP contribution in [0.3, 0.4) is 0 Å². The lowest BCUT2D eigenvalue weighted by Crippen LogP contribution is -2.48. The smallest absolute Gasteiger partial charge is 0.422 e. The summed E-state index contributed by atoms with van der Waals surface area (Å²) < 4.78 is 19.7. The van der Waals surface area contributed by atoms with Crippen molar-refractivity contribution in [3.05, 3.63) is 216 Å². The van der Waals surface area contributed by atoms with Crippen LogP contribution in [-0.2, 0) is 10.1 Å². The number of nitrogens with zero attached hydrogens (tertiary/aromatic N) is 2. The van der Waals surface area contributed by atoms with Crippen LogP contribution in [0.25, 0.3) is 0 Å². The van der Waals surface area contributed by atoms with E-state index < -0.39 is 7.32 Å². The zero-order valence-electron chi connectivity index (χ0n) is 37.9. The van der Waals surface area contributed by atoms with Gasteiger partial charge in [-0.15, -0.1) is 0 Å². The molecular formula is C54H61BN2O7. The molecule has 10 heteroatoms. The van der Waals surface area contributed by atoms with Crippen molar-refractivity contribution in [1.29, 1.82) is 0 Å². The Morgan fingerprint density at radius 1 is 0.484 bits per heavy atom. The second-order valence-electron chi connectivity index (χ2n) is 15.5. The van der Waals surface area contributed by atoms with Crippen LogP contribution in [0.5, 0.6) is 23.3 Å². The standard InChI is InChI=1S/C22H21BO3.2C16H20NO2/c24-23(25)26-18-10-17-22(19-11-4-1-5-12-19,20-13-6-2-7-14-20)21-15-8-3-9-16-21;2*1-4-18-17-12-6-5-7-16(17)19-15-10-8-14(9-11-15)13(2)3/h1-9,11-16H,10,17-18H2;2*5-13H,4H2,1-3H3/q-2;2*+1. The molecule has 0 N–H and O–H groups in total. The van der Waals surface area contributed by atoms with Gasteiger partial charge in [0.05, 0.1) is 19.5 Å². The van der Waals surface area contributed by atoms with Crippen molar-refractivity contribution in [3.63, 3.8) is 0 Å². The predicted octanol–water partition coefficient (Wildman–Crippen LogP) is 9.20. The molecule has 0 aliphatic carbocycles. The van der Waals surface area contributed by atoms with Gasteiger partial charge in [-0.25, -0.2) is 0 Å². The Morgan fingerprint density at radius 2 is 0.844 bits per heavy atom. The van der Waals surface area contributed by atoms with Gasteiger partial charge in [0.2, 0.25) is 12.4 Å². The number of aromatic nitrogens is 2. The van der Waals surface area contributed by atoms with E-state index in [-0.39, 0.29) is 12.0 Å². The summed E-state index contributed by atoms with van der Waals surface area (Å²) in [5.74, 6) is 4.01. The third-order valence-electron chi connectivity index (χ3n) is 10.4. The second-order valence-corrected chi connectivity index (χ2v) is 15.5. The summed E-state index contributed by atoms with van der Waals surface area (Å²) in [5.41, 5.74) is 5.78. The van der Waals surface area contributed by atoms with Crippen LogP contribution in [0.1, 0.15) is 94.0 Å². The Kier molecular flexibility index (Phi) is 19.4. The first-order valence-electron chi connectivity index (χ1n) is 22.1. The van der Waals surface area contributed by atoms with Gasteiger partial charge >= 0.3 is 11.8 Å². The van der Waals surface area contributed by atoms with E-state index in [4.69, 9.17) is 23.8 Å². The van der Waals surface area contributed by atoms with Crippen LogP contribution in [-0.4, -0.2) is 27.1 Å². The average Bonchev–Trinajstić information content (AvgIpc) is 3.32. The molecule has 0 saturated carbocycles. The van der Waals surface area contributed by atoms with Crippen molar-refractivity contribution in [2.24, 2.45) is 0 Å². The molecule has 0 unspecified atom stereocenters. The summed E-state index contributed by atoms with van der Waals surface area (Å²) in [4.78, 5) is 10.9. The molecule has 332 valence electrons. The number of hydrogen-bond donors (Lipinski definition) is 0. The maximum atomic E-state index is 10.7. The molecule has 5 aromatic carbocycles. The number of ether oxygens (including phenoxy) is 2. The molecular weight excluding hydrogens is 799 g/mol. The average molecular weight is 861 g/mol. The van der Waals surface area contributed by atoms with Gasteiger partial charge in [0.25, 0.3) is 0 Å². The van der Waals surface area contributed by atoms with Gasteiger partial charge in [0.1, 0.15) is 11.5 Å². The molecule has 0 bridgehead atoms. The summed E-state index contributed by atoms with van der Waals surface area (Å²) in [6.07, 6.45) is 5.01. The molecule has 0 atom stereocenters. The Hall–Kier alpha value is -6.46. The first-order valence-corrected chi connectivity index (χ1v) is 22.1. The zero-order chi connectivity index (χ0) is 45.6.